The first-order valence-corrected chi connectivity index (χ1v) is 5.09. The van der Waals surface area contributed by atoms with E-state index in [1.54, 1.807) is 36.6 Å². The highest BCUT2D eigenvalue weighted by Gasteiger charge is 2.14. The van der Waals surface area contributed by atoms with Crippen LogP contribution in [-0.4, -0.2) is 29.3 Å². The molecule has 0 aliphatic carbocycles. The van der Waals surface area contributed by atoms with Gasteiger partial charge in [0.25, 0.3) is 5.91 Å². The maximum absolute atomic E-state index is 11.6. The van der Waals surface area contributed by atoms with Crippen molar-refractivity contribution in [3.8, 4) is 0 Å². The molecule has 89 valence electrons. The molecule has 1 radical (unpaired) electrons. The molecule has 5 heteroatoms. The molecule has 0 aromatic heterocycles. The summed E-state index contributed by atoms with van der Waals surface area (Å²) in [4.78, 5) is 32.5. The Hall–Kier alpha value is -2.17. The van der Waals surface area contributed by atoms with Crippen molar-refractivity contribution < 1.29 is 19.5 Å². The van der Waals surface area contributed by atoms with E-state index in [4.69, 9.17) is 5.11 Å². The molecule has 2 N–H and O–H groups in total. The number of nitrogens with one attached hydrogen (secondary N) is 1. The Morgan fingerprint density at radius 1 is 1.29 bits per heavy atom. The van der Waals surface area contributed by atoms with Crippen LogP contribution >= 0.6 is 0 Å². The predicted molar refractivity (Wildman–Crippen MR) is 60.3 cm³/mol. The van der Waals surface area contributed by atoms with E-state index in [1.165, 1.54) is 0 Å². The molecule has 5 nitrogen and oxygen atoms in total. The van der Waals surface area contributed by atoms with E-state index >= 15 is 0 Å². The van der Waals surface area contributed by atoms with Crippen molar-refractivity contribution in [3.63, 3.8) is 0 Å². The summed E-state index contributed by atoms with van der Waals surface area (Å²) in [5, 5.41) is 10.9. The molecule has 0 unspecified atom stereocenters. The molecule has 0 fully saturated rings. The monoisotopic (exact) mass is 234 g/mol. The quantitative estimate of drug-likeness (QED) is 0.761. The van der Waals surface area contributed by atoms with Gasteiger partial charge in [-0.15, -0.1) is 0 Å². The Bertz CT molecular complexity index is 402. The number of carbonyl (C=O) groups is 2. The lowest BCUT2D eigenvalue weighted by atomic mass is 10.1. The number of carboxylic acid groups (broad SMARTS) is 1. The molecule has 0 aliphatic rings. The third-order valence-corrected chi connectivity index (χ3v) is 2.13. The summed E-state index contributed by atoms with van der Waals surface area (Å²) in [5.74, 6) is -1.43. The Morgan fingerprint density at radius 3 is 2.47 bits per heavy atom. The molecule has 0 aliphatic heterocycles. The summed E-state index contributed by atoms with van der Waals surface area (Å²) in [6.07, 6.45) is 1.47. The zero-order valence-electron chi connectivity index (χ0n) is 9.05. The number of aliphatic carboxylic acids is 1. The second-order valence-electron chi connectivity index (χ2n) is 3.44. The second-order valence-corrected chi connectivity index (χ2v) is 3.44. The zero-order chi connectivity index (χ0) is 12.7. The maximum atomic E-state index is 11.6. The molecule has 1 atom stereocenters. The number of amides is 1. The number of carboxylic acids is 1. The number of benzene rings is 1. The Balaban J connectivity index is 2.54. The van der Waals surface area contributed by atoms with Gasteiger partial charge in [0.15, 0.2) is 0 Å². The fraction of sp³-hybridized carbons (Fsp3) is 0.250. The van der Waals surface area contributed by atoms with Gasteiger partial charge in [-0.25, -0.2) is 0 Å². The molecule has 0 heterocycles. The zero-order valence-corrected chi connectivity index (χ0v) is 9.05. The van der Waals surface area contributed by atoms with Gasteiger partial charge in [0, 0.05) is 12.0 Å². The largest absolute Gasteiger partial charge is 0.481 e. The van der Waals surface area contributed by atoms with E-state index in [9.17, 15) is 14.4 Å². The summed E-state index contributed by atoms with van der Waals surface area (Å²) in [6, 6.07) is 7.49. The molecule has 0 saturated carbocycles. The van der Waals surface area contributed by atoms with Crippen LogP contribution in [-0.2, 0) is 9.59 Å². The first-order chi connectivity index (χ1) is 8.13. The summed E-state index contributed by atoms with van der Waals surface area (Å²) >= 11 is 0. The molecule has 1 amide bonds. The predicted octanol–water partition coefficient (Wildman–Crippen LogP) is 0.759. The highest BCUT2D eigenvalue weighted by atomic mass is 16.4. The van der Waals surface area contributed by atoms with E-state index in [-0.39, 0.29) is 12.8 Å². The van der Waals surface area contributed by atoms with Crippen molar-refractivity contribution in [2.45, 2.75) is 18.9 Å². The molecule has 1 aromatic rings. The van der Waals surface area contributed by atoms with E-state index in [0.717, 1.165) is 0 Å². The lowest BCUT2D eigenvalue weighted by molar-refractivity contribution is -0.137. The van der Waals surface area contributed by atoms with Gasteiger partial charge < -0.3 is 10.4 Å². The standard InChI is InChI=1S/C12H12NO4/c14-8-10(6-7-11(15)16)13-12(17)9-4-2-1-3-5-9/h1-5,10H,6-7H2,(H,13,17)(H,15,16)/t10-/m0/s1. The molecular formula is C12H12NO4. The van der Waals surface area contributed by atoms with Crippen LogP contribution in [0.5, 0.6) is 0 Å². The van der Waals surface area contributed by atoms with Crippen LogP contribution in [0.2, 0.25) is 0 Å². The average Bonchev–Trinajstić information content (AvgIpc) is 2.35. The van der Waals surface area contributed by atoms with Crippen molar-refractivity contribution in [1.82, 2.24) is 5.32 Å². The van der Waals surface area contributed by atoms with Crippen LogP contribution in [0.4, 0.5) is 0 Å². The lowest BCUT2D eigenvalue weighted by Gasteiger charge is -2.10. The lowest BCUT2D eigenvalue weighted by Crippen LogP contribution is -2.36. The second kappa shape index (κ2) is 6.42. The van der Waals surface area contributed by atoms with Gasteiger partial charge in [0.05, 0.1) is 6.04 Å². The van der Waals surface area contributed by atoms with Gasteiger partial charge >= 0.3 is 5.97 Å². The van der Waals surface area contributed by atoms with Crippen molar-refractivity contribution in [2.24, 2.45) is 0 Å². The minimum atomic E-state index is -1.01. The van der Waals surface area contributed by atoms with Crippen LogP contribution in [0, 0.1) is 0 Å². The first kappa shape index (κ1) is 12.9. The Labute approximate surface area is 98.4 Å². The number of carbonyl (C=O) groups excluding carboxylic acids is 2. The van der Waals surface area contributed by atoms with Crippen LogP contribution in [0.25, 0.3) is 0 Å². The SMILES string of the molecule is O=[C][C@H](CCC(=O)O)NC(=O)c1ccccc1. The molecular weight excluding hydrogens is 222 g/mol. The third kappa shape index (κ3) is 4.46. The van der Waals surface area contributed by atoms with Crippen LogP contribution in [0.15, 0.2) is 30.3 Å². The maximum Gasteiger partial charge on any atom is 0.303 e. The fourth-order valence-electron chi connectivity index (χ4n) is 1.26. The molecule has 1 rings (SSSR count). The average molecular weight is 234 g/mol. The van der Waals surface area contributed by atoms with Crippen LogP contribution in [0.1, 0.15) is 23.2 Å². The van der Waals surface area contributed by atoms with Gasteiger partial charge in [0.2, 0.25) is 6.29 Å². The summed E-state index contributed by atoms with van der Waals surface area (Å²) in [7, 11) is 0. The Morgan fingerprint density at radius 2 is 1.94 bits per heavy atom. The molecule has 0 bridgehead atoms. The third-order valence-electron chi connectivity index (χ3n) is 2.13. The Kier molecular flexibility index (Phi) is 4.87. The topological polar surface area (TPSA) is 83.5 Å². The molecule has 1 aromatic carbocycles. The number of rotatable bonds is 6. The van der Waals surface area contributed by atoms with Crippen molar-refractivity contribution >= 4 is 18.2 Å². The van der Waals surface area contributed by atoms with Gasteiger partial charge in [0.1, 0.15) is 0 Å². The number of hydrogen-bond donors (Lipinski definition) is 2. The smallest absolute Gasteiger partial charge is 0.303 e. The first-order valence-electron chi connectivity index (χ1n) is 5.09. The van der Waals surface area contributed by atoms with Gasteiger partial charge in [-0.3, -0.25) is 14.4 Å². The van der Waals surface area contributed by atoms with Crippen molar-refractivity contribution in [1.29, 1.82) is 0 Å². The van der Waals surface area contributed by atoms with Gasteiger partial charge in [-0.05, 0) is 18.6 Å². The van der Waals surface area contributed by atoms with E-state index in [2.05, 4.69) is 5.32 Å². The summed E-state index contributed by atoms with van der Waals surface area (Å²) in [5.41, 5.74) is 0.420. The van der Waals surface area contributed by atoms with E-state index < -0.39 is 17.9 Å². The van der Waals surface area contributed by atoms with Gasteiger partial charge in [-0.2, -0.15) is 0 Å². The highest BCUT2D eigenvalue weighted by molar-refractivity contribution is 5.95. The molecule has 0 spiro atoms. The minimum Gasteiger partial charge on any atom is -0.481 e. The highest BCUT2D eigenvalue weighted by Crippen LogP contribution is 2.01. The van der Waals surface area contributed by atoms with E-state index in [0.29, 0.717) is 5.56 Å². The molecule has 17 heavy (non-hydrogen) atoms. The van der Waals surface area contributed by atoms with Gasteiger partial charge in [-0.1, -0.05) is 18.2 Å². The van der Waals surface area contributed by atoms with Crippen molar-refractivity contribution in [2.75, 3.05) is 0 Å². The minimum absolute atomic E-state index is 0.0391. The molecule has 0 saturated heterocycles. The van der Waals surface area contributed by atoms with E-state index in [1.807, 2.05) is 0 Å². The van der Waals surface area contributed by atoms with Crippen LogP contribution < -0.4 is 5.32 Å². The van der Waals surface area contributed by atoms with Crippen molar-refractivity contribution in [3.05, 3.63) is 35.9 Å². The summed E-state index contributed by atoms with van der Waals surface area (Å²) in [6.45, 7) is 0. The van der Waals surface area contributed by atoms with Crippen LogP contribution in [0.3, 0.4) is 0 Å². The fourth-order valence-corrected chi connectivity index (χ4v) is 1.26. The number of hydrogen-bond acceptors (Lipinski definition) is 3. The summed E-state index contributed by atoms with van der Waals surface area (Å²) < 4.78 is 0. The normalized spacial score (nSPS) is 11.5.